The van der Waals surface area contributed by atoms with Crippen LogP contribution in [0.1, 0.15) is 53.4 Å². The van der Waals surface area contributed by atoms with Crippen LogP contribution in [0.5, 0.6) is 0 Å². The molecule has 1 aliphatic heterocycles. The maximum atomic E-state index is 5.57. The maximum Gasteiger partial charge on any atom is 0.0518 e. The van der Waals surface area contributed by atoms with Gasteiger partial charge < -0.3 is 15.0 Å². The van der Waals surface area contributed by atoms with Gasteiger partial charge in [0.15, 0.2) is 0 Å². The summed E-state index contributed by atoms with van der Waals surface area (Å²) in [5.41, 5.74) is 0. The third-order valence-corrected chi connectivity index (χ3v) is 3.39. The fourth-order valence-electron chi connectivity index (χ4n) is 2.62. The summed E-state index contributed by atoms with van der Waals surface area (Å²) < 4.78 is 5.57. The van der Waals surface area contributed by atoms with Crippen molar-refractivity contribution in [3.05, 3.63) is 0 Å². The number of likely N-dealkylation sites (tertiary alicyclic amines) is 1. The highest BCUT2D eigenvalue weighted by atomic mass is 16.5. The number of ether oxygens (including phenoxy) is 1. The molecule has 0 spiro atoms. The van der Waals surface area contributed by atoms with Crippen LogP contribution in [0.3, 0.4) is 0 Å². The van der Waals surface area contributed by atoms with Crippen molar-refractivity contribution in [2.45, 2.75) is 71.6 Å². The topological polar surface area (TPSA) is 24.5 Å². The molecule has 0 radical (unpaired) electrons. The van der Waals surface area contributed by atoms with Crippen molar-refractivity contribution in [3.8, 4) is 0 Å². The summed E-state index contributed by atoms with van der Waals surface area (Å²) in [6.45, 7) is 13.3. The Balaban J connectivity index is 2.07. The molecule has 3 heteroatoms. The van der Waals surface area contributed by atoms with Crippen LogP contribution in [-0.2, 0) is 4.74 Å². The van der Waals surface area contributed by atoms with Gasteiger partial charge in [0.2, 0.25) is 0 Å². The fourth-order valence-corrected chi connectivity index (χ4v) is 2.62. The largest absolute Gasteiger partial charge is 0.379 e. The van der Waals surface area contributed by atoms with Crippen LogP contribution >= 0.6 is 0 Å². The van der Waals surface area contributed by atoms with Gasteiger partial charge in [-0.05, 0) is 52.6 Å². The Morgan fingerprint density at radius 2 is 2.00 bits per heavy atom. The van der Waals surface area contributed by atoms with E-state index in [2.05, 4.69) is 37.9 Å². The SMILES string of the molecule is CC(C)NC1CCCN(CCCCOC(C)C)C1. The second kappa shape index (κ2) is 8.89. The molecule has 0 saturated carbocycles. The molecule has 0 amide bonds. The van der Waals surface area contributed by atoms with Crippen molar-refractivity contribution in [3.63, 3.8) is 0 Å². The Bertz CT molecular complexity index is 207. The van der Waals surface area contributed by atoms with E-state index in [4.69, 9.17) is 4.74 Å². The van der Waals surface area contributed by atoms with Gasteiger partial charge in [0.25, 0.3) is 0 Å². The second-order valence-corrected chi connectivity index (χ2v) is 6.09. The van der Waals surface area contributed by atoms with Crippen LogP contribution in [0.2, 0.25) is 0 Å². The van der Waals surface area contributed by atoms with Crippen LogP contribution in [0.25, 0.3) is 0 Å². The van der Waals surface area contributed by atoms with E-state index in [1.165, 1.54) is 45.3 Å². The molecule has 0 aliphatic carbocycles. The van der Waals surface area contributed by atoms with Crippen molar-refractivity contribution in [2.24, 2.45) is 0 Å². The number of hydrogen-bond donors (Lipinski definition) is 1. The molecule has 1 N–H and O–H groups in total. The van der Waals surface area contributed by atoms with Gasteiger partial charge >= 0.3 is 0 Å². The van der Waals surface area contributed by atoms with Crippen LogP contribution in [-0.4, -0.2) is 49.3 Å². The lowest BCUT2D eigenvalue weighted by Gasteiger charge is -2.34. The van der Waals surface area contributed by atoms with Crippen molar-refractivity contribution in [1.29, 1.82) is 0 Å². The second-order valence-electron chi connectivity index (χ2n) is 6.09. The zero-order chi connectivity index (χ0) is 13.4. The molecule has 1 fully saturated rings. The van der Waals surface area contributed by atoms with Crippen LogP contribution in [0, 0.1) is 0 Å². The molecule has 108 valence electrons. The fraction of sp³-hybridized carbons (Fsp3) is 1.00. The molecular weight excluding hydrogens is 224 g/mol. The highest BCUT2D eigenvalue weighted by Crippen LogP contribution is 2.11. The van der Waals surface area contributed by atoms with Gasteiger partial charge in [-0.25, -0.2) is 0 Å². The molecule has 3 nitrogen and oxygen atoms in total. The molecule has 0 bridgehead atoms. The monoisotopic (exact) mass is 256 g/mol. The molecular formula is C15H32N2O. The zero-order valence-electron chi connectivity index (χ0n) is 12.7. The average Bonchev–Trinajstić information content (AvgIpc) is 2.27. The average molecular weight is 256 g/mol. The molecule has 1 heterocycles. The Labute approximate surface area is 113 Å². The van der Waals surface area contributed by atoms with E-state index in [9.17, 15) is 0 Å². The molecule has 1 rings (SSSR count). The van der Waals surface area contributed by atoms with Gasteiger partial charge in [0.05, 0.1) is 6.10 Å². The first kappa shape index (κ1) is 15.9. The number of piperidine rings is 1. The van der Waals surface area contributed by atoms with E-state index in [-0.39, 0.29) is 0 Å². The summed E-state index contributed by atoms with van der Waals surface area (Å²) in [6, 6.07) is 1.31. The highest BCUT2D eigenvalue weighted by Gasteiger charge is 2.19. The lowest BCUT2D eigenvalue weighted by atomic mass is 10.0. The van der Waals surface area contributed by atoms with Gasteiger partial charge in [-0.15, -0.1) is 0 Å². The lowest BCUT2D eigenvalue weighted by molar-refractivity contribution is 0.0731. The molecule has 18 heavy (non-hydrogen) atoms. The van der Waals surface area contributed by atoms with Gasteiger partial charge in [-0.1, -0.05) is 13.8 Å². The van der Waals surface area contributed by atoms with Gasteiger partial charge in [0.1, 0.15) is 0 Å². The summed E-state index contributed by atoms with van der Waals surface area (Å²) in [6.07, 6.45) is 5.51. The standard InChI is InChI=1S/C15H32N2O/c1-13(2)16-15-8-7-10-17(12-15)9-5-6-11-18-14(3)4/h13-16H,5-12H2,1-4H3. The quantitative estimate of drug-likeness (QED) is 0.676. The molecule has 0 aromatic carbocycles. The minimum atomic E-state index is 0.375. The summed E-state index contributed by atoms with van der Waals surface area (Å²) in [5.74, 6) is 0. The lowest BCUT2D eigenvalue weighted by Crippen LogP contribution is -2.47. The molecule has 1 atom stereocenters. The first-order valence-electron chi connectivity index (χ1n) is 7.68. The molecule has 1 unspecified atom stereocenters. The predicted octanol–water partition coefficient (Wildman–Crippen LogP) is 2.65. The van der Waals surface area contributed by atoms with Crippen LogP contribution in [0.4, 0.5) is 0 Å². The summed E-state index contributed by atoms with van der Waals surface area (Å²) in [7, 11) is 0. The minimum Gasteiger partial charge on any atom is -0.379 e. The van der Waals surface area contributed by atoms with E-state index in [1.54, 1.807) is 0 Å². The van der Waals surface area contributed by atoms with Crippen LogP contribution in [0.15, 0.2) is 0 Å². The van der Waals surface area contributed by atoms with E-state index in [1.807, 2.05) is 0 Å². The Morgan fingerprint density at radius 3 is 2.67 bits per heavy atom. The number of unbranched alkanes of at least 4 members (excludes halogenated alkanes) is 1. The summed E-state index contributed by atoms with van der Waals surface area (Å²) in [4.78, 5) is 2.61. The smallest absolute Gasteiger partial charge is 0.0518 e. The molecule has 0 aromatic rings. The normalized spacial score (nSPS) is 22.0. The Morgan fingerprint density at radius 1 is 1.22 bits per heavy atom. The zero-order valence-corrected chi connectivity index (χ0v) is 12.7. The third kappa shape index (κ3) is 7.34. The summed E-state index contributed by atoms with van der Waals surface area (Å²) in [5, 5.41) is 3.66. The number of nitrogens with zero attached hydrogens (tertiary/aromatic N) is 1. The predicted molar refractivity (Wildman–Crippen MR) is 78.1 cm³/mol. The molecule has 0 aromatic heterocycles. The highest BCUT2D eigenvalue weighted by molar-refractivity contribution is 4.79. The van der Waals surface area contributed by atoms with Crippen molar-refractivity contribution < 1.29 is 4.74 Å². The minimum absolute atomic E-state index is 0.375. The van der Waals surface area contributed by atoms with E-state index >= 15 is 0 Å². The molecule has 1 saturated heterocycles. The van der Waals surface area contributed by atoms with Crippen molar-refractivity contribution in [1.82, 2.24) is 10.2 Å². The van der Waals surface area contributed by atoms with Crippen molar-refractivity contribution >= 4 is 0 Å². The Hall–Kier alpha value is -0.120. The van der Waals surface area contributed by atoms with Gasteiger partial charge in [-0.2, -0.15) is 0 Å². The van der Waals surface area contributed by atoms with Gasteiger partial charge in [-0.3, -0.25) is 0 Å². The number of rotatable bonds is 8. The number of nitrogens with one attached hydrogen (secondary N) is 1. The maximum absolute atomic E-state index is 5.57. The van der Waals surface area contributed by atoms with E-state index in [0.717, 1.165) is 6.61 Å². The first-order valence-corrected chi connectivity index (χ1v) is 7.68. The van der Waals surface area contributed by atoms with E-state index in [0.29, 0.717) is 18.2 Å². The first-order chi connectivity index (χ1) is 8.58. The molecule has 1 aliphatic rings. The van der Waals surface area contributed by atoms with Gasteiger partial charge in [0, 0.05) is 25.2 Å². The Kier molecular flexibility index (Phi) is 7.87. The van der Waals surface area contributed by atoms with Crippen molar-refractivity contribution in [2.75, 3.05) is 26.2 Å². The number of hydrogen-bond acceptors (Lipinski definition) is 3. The summed E-state index contributed by atoms with van der Waals surface area (Å²) >= 11 is 0. The van der Waals surface area contributed by atoms with Crippen LogP contribution < -0.4 is 5.32 Å². The third-order valence-electron chi connectivity index (χ3n) is 3.39. The van der Waals surface area contributed by atoms with E-state index < -0.39 is 0 Å².